The second-order valence-corrected chi connectivity index (χ2v) is 5.38. The molecule has 0 bridgehead atoms. The van der Waals surface area contributed by atoms with Gasteiger partial charge in [0, 0.05) is 12.7 Å². The molecule has 21 heavy (non-hydrogen) atoms. The van der Waals surface area contributed by atoms with Crippen LogP contribution in [0, 0.1) is 0 Å². The first kappa shape index (κ1) is 17.5. The maximum absolute atomic E-state index is 11.6. The molecule has 1 atom stereocenters. The summed E-state index contributed by atoms with van der Waals surface area (Å²) in [6.45, 7) is 5.89. The molecule has 0 fully saturated rings. The molecule has 1 aromatic carbocycles. The van der Waals surface area contributed by atoms with E-state index in [0.29, 0.717) is 6.42 Å². The highest BCUT2D eigenvalue weighted by Crippen LogP contribution is 2.14. The van der Waals surface area contributed by atoms with Crippen molar-refractivity contribution >= 4 is 11.7 Å². The summed E-state index contributed by atoms with van der Waals surface area (Å²) in [5, 5.41) is 12.6. The minimum Gasteiger partial charge on any atom is -0.480 e. The maximum atomic E-state index is 11.6. The first-order chi connectivity index (χ1) is 10.1. The van der Waals surface area contributed by atoms with E-state index in [1.807, 2.05) is 19.2 Å². The van der Waals surface area contributed by atoms with Gasteiger partial charge in [-0.15, -0.1) is 0 Å². The van der Waals surface area contributed by atoms with Crippen LogP contribution in [0.3, 0.4) is 0 Å². The topological polar surface area (TPSA) is 52.6 Å². The monoisotopic (exact) mass is 292 g/mol. The van der Waals surface area contributed by atoms with Crippen LogP contribution in [0.4, 0.5) is 5.69 Å². The summed E-state index contributed by atoms with van der Waals surface area (Å²) in [5.41, 5.74) is 2.26. The van der Waals surface area contributed by atoms with E-state index < -0.39 is 5.97 Å². The second kappa shape index (κ2) is 9.40. The number of aryl methyl sites for hydroxylation is 1. The van der Waals surface area contributed by atoms with E-state index in [-0.39, 0.29) is 6.04 Å². The minimum absolute atomic E-state index is 0.381. The van der Waals surface area contributed by atoms with Crippen molar-refractivity contribution in [1.29, 1.82) is 0 Å². The average Bonchev–Trinajstić information content (AvgIpc) is 2.48. The van der Waals surface area contributed by atoms with Gasteiger partial charge >= 0.3 is 5.97 Å². The fourth-order valence-electron chi connectivity index (χ4n) is 2.60. The zero-order valence-electron chi connectivity index (χ0n) is 13.4. The Kier molecular flexibility index (Phi) is 7.83. The first-order valence-corrected chi connectivity index (χ1v) is 7.85. The van der Waals surface area contributed by atoms with Gasteiger partial charge in [0.25, 0.3) is 0 Å². The van der Waals surface area contributed by atoms with E-state index in [1.165, 1.54) is 5.56 Å². The van der Waals surface area contributed by atoms with Crippen molar-refractivity contribution in [1.82, 2.24) is 4.90 Å². The molecule has 0 aliphatic rings. The van der Waals surface area contributed by atoms with E-state index in [4.69, 9.17) is 0 Å². The fourth-order valence-corrected chi connectivity index (χ4v) is 2.60. The maximum Gasteiger partial charge on any atom is 0.320 e. The van der Waals surface area contributed by atoms with Crippen molar-refractivity contribution in [3.05, 3.63) is 29.8 Å². The standard InChI is InChI=1S/C17H28N2O2/c1-4-12-19(13-5-2)16(17(20)21)11-8-14-6-9-15(18-3)10-7-14/h6-7,9-10,16,18H,4-5,8,11-13H2,1-3H3,(H,20,21). The SMILES string of the molecule is CCCN(CCC)C(CCc1ccc(NC)cc1)C(=O)O. The van der Waals surface area contributed by atoms with E-state index in [1.54, 1.807) is 0 Å². The highest BCUT2D eigenvalue weighted by Gasteiger charge is 2.23. The van der Waals surface area contributed by atoms with E-state index in [0.717, 1.165) is 38.0 Å². The molecule has 0 aromatic heterocycles. The van der Waals surface area contributed by atoms with Gasteiger partial charge in [-0.25, -0.2) is 0 Å². The quantitative estimate of drug-likeness (QED) is 0.695. The summed E-state index contributed by atoms with van der Waals surface area (Å²) in [7, 11) is 1.89. The Morgan fingerprint density at radius 3 is 2.19 bits per heavy atom. The second-order valence-electron chi connectivity index (χ2n) is 5.38. The number of carboxylic acid groups (broad SMARTS) is 1. The van der Waals surface area contributed by atoms with Gasteiger partial charge in [-0.2, -0.15) is 0 Å². The molecule has 0 heterocycles. The van der Waals surface area contributed by atoms with Gasteiger partial charge in [-0.05, 0) is 56.5 Å². The predicted octanol–water partition coefficient (Wildman–Crippen LogP) is 3.24. The highest BCUT2D eigenvalue weighted by molar-refractivity contribution is 5.73. The lowest BCUT2D eigenvalue weighted by atomic mass is 10.0. The molecule has 0 aliphatic carbocycles. The van der Waals surface area contributed by atoms with Crippen LogP contribution in [-0.2, 0) is 11.2 Å². The Labute approximate surface area is 128 Å². The third-order valence-electron chi connectivity index (χ3n) is 3.70. The molecule has 118 valence electrons. The van der Waals surface area contributed by atoms with Gasteiger partial charge in [-0.3, -0.25) is 9.69 Å². The van der Waals surface area contributed by atoms with Crippen molar-refractivity contribution in [3.8, 4) is 0 Å². The Bertz CT molecular complexity index is 411. The number of nitrogens with zero attached hydrogens (tertiary/aromatic N) is 1. The molecule has 0 amide bonds. The van der Waals surface area contributed by atoms with Gasteiger partial charge in [0.1, 0.15) is 6.04 Å². The number of nitrogens with one attached hydrogen (secondary N) is 1. The lowest BCUT2D eigenvalue weighted by Crippen LogP contribution is -2.42. The molecule has 1 aromatic rings. The lowest BCUT2D eigenvalue weighted by Gasteiger charge is -2.28. The van der Waals surface area contributed by atoms with Crippen LogP contribution in [0.2, 0.25) is 0 Å². The molecule has 4 nitrogen and oxygen atoms in total. The number of anilines is 1. The lowest BCUT2D eigenvalue weighted by molar-refractivity contribution is -0.143. The number of aliphatic carboxylic acids is 1. The van der Waals surface area contributed by atoms with Crippen molar-refractivity contribution < 1.29 is 9.90 Å². The molecule has 0 aliphatic heterocycles. The Morgan fingerprint density at radius 2 is 1.76 bits per heavy atom. The third kappa shape index (κ3) is 5.76. The molecule has 1 rings (SSSR count). The van der Waals surface area contributed by atoms with Gasteiger partial charge in [-0.1, -0.05) is 26.0 Å². The molecule has 0 saturated heterocycles. The summed E-state index contributed by atoms with van der Waals surface area (Å²) in [4.78, 5) is 13.7. The largest absolute Gasteiger partial charge is 0.480 e. The van der Waals surface area contributed by atoms with Crippen LogP contribution in [0.5, 0.6) is 0 Å². The summed E-state index contributed by atoms with van der Waals surface area (Å²) >= 11 is 0. The summed E-state index contributed by atoms with van der Waals surface area (Å²) < 4.78 is 0. The Balaban J connectivity index is 2.66. The van der Waals surface area contributed by atoms with Gasteiger partial charge in [0.2, 0.25) is 0 Å². The fraction of sp³-hybridized carbons (Fsp3) is 0.588. The summed E-state index contributed by atoms with van der Waals surface area (Å²) in [6.07, 6.45) is 3.43. The molecule has 2 N–H and O–H groups in total. The molecule has 0 spiro atoms. The first-order valence-electron chi connectivity index (χ1n) is 7.85. The molecule has 4 heteroatoms. The number of rotatable bonds is 10. The Hall–Kier alpha value is -1.55. The summed E-state index contributed by atoms with van der Waals surface area (Å²) in [5.74, 6) is -0.705. The van der Waals surface area contributed by atoms with Crippen LogP contribution >= 0.6 is 0 Å². The van der Waals surface area contributed by atoms with Crippen LogP contribution in [0.1, 0.15) is 38.7 Å². The molecule has 1 unspecified atom stereocenters. The predicted molar refractivity (Wildman–Crippen MR) is 87.9 cm³/mol. The minimum atomic E-state index is -0.705. The number of hydrogen-bond acceptors (Lipinski definition) is 3. The van der Waals surface area contributed by atoms with Crippen LogP contribution in [-0.4, -0.2) is 42.2 Å². The number of benzene rings is 1. The number of hydrogen-bond donors (Lipinski definition) is 2. The summed E-state index contributed by atoms with van der Waals surface area (Å²) in [6, 6.07) is 7.81. The molecular weight excluding hydrogens is 264 g/mol. The van der Waals surface area contributed by atoms with E-state index in [9.17, 15) is 9.90 Å². The van der Waals surface area contributed by atoms with Crippen molar-refractivity contribution in [2.45, 2.75) is 45.6 Å². The van der Waals surface area contributed by atoms with Gasteiger partial charge in [0.15, 0.2) is 0 Å². The van der Waals surface area contributed by atoms with Gasteiger partial charge < -0.3 is 10.4 Å². The highest BCUT2D eigenvalue weighted by atomic mass is 16.4. The van der Waals surface area contributed by atoms with Crippen LogP contribution in [0.25, 0.3) is 0 Å². The zero-order chi connectivity index (χ0) is 15.7. The molecule has 0 saturated carbocycles. The zero-order valence-corrected chi connectivity index (χ0v) is 13.4. The van der Waals surface area contributed by atoms with Crippen molar-refractivity contribution in [3.63, 3.8) is 0 Å². The van der Waals surface area contributed by atoms with E-state index >= 15 is 0 Å². The average molecular weight is 292 g/mol. The van der Waals surface area contributed by atoms with Crippen LogP contribution < -0.4 is 5.32 Å². The normalized spacial score (nSPS) is 12.4. The molecule has 0 radical (unpaired) electrons. The molecular formula is C17H28N2O2. The van der Waals surface area contributed by atoms with Crippen LogP contribution in [0.15, 0.2) is 24.3 Å². The third-order valence-corrected chi connectivity index (χ3v) is 3.70. The smallest absolute Gasteiger partial charge is 0.320 e. The van der Waals surface area contributed by atoms with Crippen molar-refractivity contribution in [2.24, 2.45) is 0 Å². The Morgan fingerprint density at radius 1 is 1.19 bits per heavy atom. The van der Waals surface area contributed by atoms with Crippen molar-refractivity contribution in [2.75, 3.05) is 25.5 Å². The number of carbonyl (C=O) groups is 1. The van der Waals surface area contributed by atoms with E-state index in [2.05, 4.69) is 36.2 Å². The number of carboxylic acids is 1. The van der Waals surface area contributed by atoms with Gasteiger partial charge in [0.05, 0.1) is 0 Å².